The van der Waals surface area contributed by atoms with Gasteiger partial charge < -0.3 is 10.8 Å². The number of aliphatic hydroxyl groups excluding tert-OH is 1. The molecule has 0 radical (unpaired) electrons. The molecule has 2 nitrogen and oxygen atoms in total. The topological polar surface area (TPSA) is 46.2 Å². The lowest BCUT2D eigenvalue weighted by molar-refractivity contribution is 0.241. The van der Waals surface area contributed by atoms with Gasteiger partial charge in [-0.3, -0.25) is 0 Å². The fourth-order valence-corrected chi connectivity index (χ4v) is 0.891. The molecule has 0 aromatic heterocycles. The Bertz CT molecular complexity index is 176. The maximum atomic E-state index is 12.4. The molecule has 3 heteroatoms. The van der Waals surface area contributed by atoms with Gasteiger partial charge in [0.1, 0.15) is 5.83 Å². The third-order valence-corrected chi connectivity index (χ3v) is 1.56. The number of rotatable bonds is 1. The summed E-state index contributed by atoms with van der Waals surface area (Å²) in [6.45, 7) is -0.0983. The molecule has 0 saturated carbocycles. The first-order valence-corrected chi connectivity index (χ1v) is 3.16. The summed E-state index contributed by atoms with van der Waals surface area (Å²) >= 11 is 0. The maximum Gasteiger partial charge on any atom is 0.119 e. The predicted octanol–water partition coefficient (Wildman–Crippen LogP) is 0.345. The van der Waals surface area contributed by atoms with E-state index in [1.807, 2.05) is 0 Å². The second-order valence-corrected chi connectivity index (χ2v) is 2.33. The van der Waals surface area contributed by atoms with Gasteiger partial charge >= 0.3 is 0 Å². The molecule has 56 valence electrons. The van der Waals surface area contributed by atoms with Gasteiger partial charge in [0.05, 0.1) is 6.61 Å². The average Bonchev–Trinajstić information content (AvgIpc) is 1.94. The van der Waals surface area contributed by atoms with E-state index in [0.717, 1.165) is 0 Å². The van der Waals surface area contributed by atoms with E-state index in [4.69, 9.17) is 10.8 Å². The molecule has 0 aliphatic heterocycles. The Labute approximate surface area is 58.8 Å². The summed E-state index contributed by atoms with van der Waals surface area (Å²) < 4.78 is 12.4. The summed E-state index contributed by atoms with van der Waals surface area (Å²) in [5.74, 6) is -0.578. The van der Waals surface area contributed by atoms with E-state index in [-0.39, 0.29) is 24.4 Å². The zero-order valence-corrected chi connectivity index (χ0v) is 5.50. The third kappa shape index (κ3) is 1.43. The van der Waals surface area contributed by atoms with Gasteiger partial charge in [0.25, 0.3) is 0 Å². The lowest BCUT2D eigenvalue weighted by Gasteiger charge is -2.17. The fourth-order valence-electron chi connectivity index (χ4n) is 0.891. The minimum absolute atomic E-state index is 0.0983. The zero-order valence-electron chi connectivity index (χ0n) is 5.50. The summed E-state index contributed by atoms with van der Waals surface area (Å²) in [7, 11) is 0. The van der Waals surface area contributed by atoms with Crippen molar-refractivity contribution < 1.29 is 9.50 Å². The van der Waals surface area contributed by atoms with Crippen molar-refractivity contribution in [1.82, 2.24) is 0 Å². The highest BCUT2D eigenvalue weighted by Crippen LogP contribution is 2.15. The molecule has 10 heavy (non-hydrogen) atoms. The van der Waals surface area contributed by atoms with Gasteiger partial charge in [0.2, 0.25) is 0 Å². The number of hydrogen-bond acceptors (Lipinski definition) is 2. The lowest BCUT2D eigenvalue weighted by atomic mass is 9.96. The van der Waals surface area contributed by atoms with Gasteiger partial charge in [-0.15, -0.1) is 0 Å². The molecule has 0 spiro atoms. The summed E-state index contributed by atoms with van der Waals surface area (Å²) in [5.41, 5.74) is 5.49. The van der Waals surface area contributed by atoms with E-state index in [0.29, 0.717) is 0 Å². The van der Waals surface area contributed by atoms with Crippen LogP contribution in [0.3, 0.4) is 0 Å². The molecule has 2 unspecified atom stereocenters. The molecule has 0 aromatic rings. The van der Waals surface area contributed by atoms with Gasteiger partial charge in [-0.05, 0) is 12.2 Å². The van der Waals surface area contributed by atoms with Crippen molar-refractivity contribution in [3.63, 3.8) is 0 Å². The van der Waals surface area contributed by atoms with E-state index in [2.05, 4.69) is 0 Å². The number of hydrogen-bond donors (Lipinski definition) is 2. The molecule has 1 rings (SSSR count). The van der Waals surface area contributed by atoms with Crippen LogP contribution in [0.4, 0.5) is 4.39 Å². The monoisotopic (exact) mass is 143 g/mol. The van der Waals surface area contributed by atoms with E-state index < -0.39 is 0 Å². The molecule has 1 aliphatic carbocycles. The Kier molecular flexibility index (Phi) is 2.19. The highest BCUT2D eigenvalue weighted by Gasteiger charge is 2.15. The van der Waals surface area contributed by atoms with E-state index in [1.165, 1.54) is 12.2 Å². The molecule has 0 aromatic carbocycles. The first kappa shape index (κ1) is 7.44. The van der Waals surface area contributed by atoms with E-state index in [1.54, 1.807) is 6.08 Å². The SMILES string of the molecule is NC1C=CC(F)=CC1CO. The van der Waals surface area contributed by atoms with E-state index >= 15 is 0 Å². The second-order valence-electron chi connectivity index (χ2n) is 2.33. The Morgan fingerprint density at radius 3 is 2.90 bits per heavy atom. The highest BCUT2D eigenvalue weighted by molar-refractivity contribution is 5.21. The van der Waals surface area contributed by atoms with E-state index in [9.17, 15) is 4.39 Å². The van der Waals surface area contributed by atoms with Crippen LogP contribution >= 0.6 is 0 Å². The third-order valence-electron chi connectivity index (χ3n) is 1.56. The Balaban J connectivity index is 2.67. The summed E-state index contributed by atoms with van der Waals surface area (Å²) in [4.78, 5) is 0. The molecule has 0 heterocycles. The van der Waals surface area contributed by atoms with Gasteiger partial charge in [-0.25, -0.2) is 4.39 Å². The number of halogens is 1. The van der Waals surface area contributed by atoms with Crippen molar-refractivity contribution in [2.45, 2.75) is 6.04 Å². The van der Waals surface area contributed by atoms with Crippen LogP contribution in [-0.2, 0) is 0 Å². The van der Waals surface area contributed by atoms with Crippen molar-refractivity contribution >= 4 is 0 Å². The van der Waals surface area contributed by atoms with Gasteiger partial charge in [0.15, 0.2) is 0 Å². The van der Waals surface area contributed by atoms with Gasteiger partial charge in [-0.2, -0.15) is 0 Å². The number of nitrogens with two attached hydrogens (primary N) is 1. The first-order valence-electron chi connectivity index (χ1n) is 3.16. The number of allylic oxidation sites excluding steroid dienone is 2. The lowest BCUT2D eigenvalue weighted by Crippen LogP contribution is -2.30. The Morgan fingerprint density at radius 2 is 2.40 bits per heavy atom. The fraction of sp³-hybridized carbons (Fsp3) is 0.429. The molecular weight excluding hydrogens is 133 g/mol. The van der Waals surface area contributed by atoms with Crippen molar-refractivity contribution in [3.8, 4) is 0 Å². The maximum absolute atomic E-state index is 12.4. The van der Waals surface area contributed by atoms with Crippen LogP contribution in [0.5, 0.6) is 0 Å². The summed E-state index contributed by atoms with van der Waals surface area (Å²) in [6.07, 6.45) is 4.21. The Morgan fingerprint density at radius 1 is 1.70 bits per heavy atom. The molecule has 2 atom stereocenters. The largest absolute Gasteiger partial charge is 0.396 e. The zero-order chi connectivity index (χ0) is 7.56. The van der Waals surface area contributed by atoms with Crippen LogP contribution < -0.4 is 5.73 Å². The quantitative estimate of drug-likeness (QED) is 0.556. The summed E-state index contributed by atoms with van der Waals surface area (Å²) in [6, 6.07) is -0.246. The predicted molar refractivity (Wildman–Crippen MR) is 36.9 cm³/mol. The minimum atomic E-state index is -0.319. The molecule has 0 bridgehead atoms. The van der Waals surface area contributed by atoms with Crippen LogP contribution in [-0.4, -0.2) is 17.8 Å². The summed E-state index contributed by atoms with van der Waals surface area (Å²) in [5, 5.41) is 8.65. The van der Waals surface area contributed by atoms with Crippen molar-refractivity contribution in [2.24, 2.45) is 11.7 Å². The smallest absolute Gasteiger partial charge is 0.119 e. The standard InChI is InChI=1S/C7H10FNO/c8-6-1-2-7(9)5(3-6)4-10/h1-3,5,7,10H,4,9H2. The van der Waals surface area contributed by atoms with Crippen LogP contribution in [0.1, 0.15) is 0 Å². The molecule has 3 N–H and O–H groups in total. The van der Waals surface area contributed by atoms with Gasteiger partial charge in [-0.1, -0.05) is 6.08 Å². The molecule has 1 aliphatic rings. The van der Waals surface area contributed by atoms with Crippen LogP contribution in [0.15, 0.2) is 24.1 Å². The van der Waals surface area contributed by atoms with Crippen LogP contribution in [0.2, 0.25) is 0 Å². The van der Waals surface area contributed by atoms with Gasteiger partial charge in [0, 0.05) is 12.0 Å². The highest BCUT2D eigenvalue weighted by atomic mass is 19.1. The van der Waals surface area contributed by atoms with Crippen molar-refractivity contribution in [1.29, 1.82) is 0 Å². The molecule has 0 saturated heterocycles. The average molecular weight is 143 g/mol. The van der Waals surface area contributed by atoms with Crippen LogP contribution in [0.25, 0.3) is 0 Å². The molecule has 0 fully saturated rings. The molecular formula is C7H10FNO. The van der Waals surface area contributed by atoms with Crippen molar-refractivity contribution in [3.05, 3.63) is 24.1 Å². The van der Waals surface area contributed by atoms with Crippen molar-refractivity contribution in [2.75, 3.05) is 6.61 Å². The Hall–Kier alpha value is -0.670. The number of aliphatic hydroxyl groups is 1. The second kappa shape index (κ2) is 2.94. The normalized spacial score (nSPS) is 32.1. The van der Waals surface area contributed by atoms with Crippen LogP contribution in [0, 0.1) is 5.92 Å². The first-order chi connectivity index (χ1) is 4.74. The molecule has 0 amide bonds. The minimum Gasteiger partial charge on any atom is -0.396 e.